The van der Waals surface area contributed by atoms with Crippen LogP contribution in [-0.4, -0.2) is 40.4 Å². The first-order chi connectivity index (χ1) is 10.3. The monoisotopic (exact) mass is 283 g/mol. The van der Waals surface area contributed by atoms with Crippen LogP contribution in [0, 0.1) is 0 Å². The average molecular weight is 283 g/mol. The first kappa shape index (κ1) is 14.3. The summed E-state index contributed by atoms with van der Waals surface area (Å²) in [6.07, 6.45) is 0.351. The molecule has 21 heavy (non-hydrogen) atoms. The van der Waals surface area contributed by atoms with Gasteiger partial charge in [0.25, 0.3) is 0 Å². The Balaban J connectivity index is 1.70. The molecule has 3 rings (SSSR count). The molecule has 1 aliphatic heterocycles. The standard InChI is InChI=1S/C18H21NO2/c20-13-17-10-18(21)12-19(17)11-14-6-8-16(9-7-14)15-4-2-1-3-5-15/h1-9,17-18,20-21H,10-13H2. The number of nitrogens with zero attached hydrogens (tertiary/aromatic N) is 1. The second-order valence-electron chi connectivity index (χ2n) is 5.72. The topological polar surface area (TPSA) is 43.7 Å². The van der Waals surface area contributed by atoms with Gasteiger partial charge in [-0.3, -0.25) is 4.90 Å². The molecular weight excluding hydrogens is 262 g/mol. The lowest BCUT2D eigenvalue weighted by molar-refractivity contribution is 0.150. The van der Waals surface area contributed by atoms with Crippen LogP contribution in [0.25, 0.3) is 11.1 Å². The molecule has 0 amide bonds. The molecular formula is C18H21NO2. The zero-order valence-corrected chi connectivity index (χ0v) is 12.0. The normalized spacial score (nSPS) is 22.6. The summed E-state index contributed by atoms with van der Waals surface area (Å²) in [5.41, 5.74) is 3.63. The highest BCUT2D eigenvalue weighted by Gasteiger charge is 2.29. The Hall–Kier alpha value is -1.68. The van der Waals surface area contributed by atoms with E-state index >= 15 is 0 Å². The molecule has 0 aliphatic carbocycles. The number of β-amino-alcohol motifs (C(OH)–C–C–N with tert-alkyl or cyclic N) is 1. The SMILES string of the molecule is OCC1CC(O)CN1Cc1ccc(-c2ccccc2)cc1. The minimum absolute atomic E-state index is 0.0776. The maximum Gasteiger partial charge on any atom is 0.0683 e. The summed E-state index contributed by atoms with van der Waals surface area (Å²) in [6.45, 7) is 1.53. The Labute approximate surface area is 125 Å². The summed E-state index contributed by atoms with van der Waals surface area (Å²) in [6, 6.07) is 18.9. The fraction of sp³-hybridized carbons (Fsp3) is 0.333. The van der Waals surface area contributed by atoms with Gasteiger partial charge in [-0.25, -0.2) is 0 Å². The van der Waals surface area contributed by atoms with Crippen LogP contribution in [-0.2, 0) is 6.54 Å². The molecule has 1 aliphatic rings. The van der Waals surface area contributed by atoms with Gasteiger partial charge in [0.1, 0.15) is 0 Å². The van der Waals surface area contributed by atoms with Gasteiger partial charge in [-0.15, -0.1) is 0 Å². The summed E-state index contributed by atoms with van der Waals surface area (Å²) in [5.74, 6) is 0. The van der Waals surface area contributed by atoms with Crippen LogP contribution >= 0.6 is 0 Å². The molecule has 110 valence electrons. The number of hydrogen-bond acceptors (Lipinski definition) is 3. The first-order valence-electron chi connectivity index (χ1n) is 7.43. The Morgan fingerprint density at radius 3 is 2.29 bits per heavy atom. The molecule has 0 bridgehead atoms. The van der Waals surface area contributed by atoms with Crippen LogP contribution in [0.5, 0.6) is 0 Å². The molecule has 2 aromatic carbocycles. The molecule has 0 aromatic heterocycles. The largest absolute Gasteiger partial charge is 0.395 e. The zero-order valence-electron chi connectivity index (χ0n) is 12.0. The minimum atomic E-state index is -0.314. The van der Waals surface area contributed by atoms with Crippen LogP contribution in [0.2, 0.25) is 0 Å². The quantitative estimate of drug-likeness (QED) is 0.905. The van der Waals surface area contributed by atoms with Crippen molar-refractivity contribution in [3.05, 3.63) is 60.2 Å². The van der Waals surface area contributed by atoms with E-state index in [0.717, 1.165) is 6.54 Å². The van der Waals surface area contributed by atoms with Crippen molar-refractivity contribution >= 4 is 0 Å². The van der Waals surface area contributed by atoms with Gasteiger partial charge < -0.3 is 10.2 Å². The van der Waals surface area contributed by atoms with Crippen LogP contribution in [0.3, 0.4) is 0 Å². The van der Waals surface area contributed by atoms with Gasteiger partial charge in [-0.2, -0.15) is 0 Å². The van der Waals surface area contributed by atoms with Crippen LogP contribution in [0.1, 0.15) is 12.0 Å². The van der Waals surface area contributed by atoms with Gasteiger partial charge in [-0.1, -0.05) is 54.6 Å². The van der Waals surface area contributed by atoms with Crippen molar-refractivity contribution in [2.45, 2.75) is 25.1 Å². The fourth-order valence-electron chi connectivity index (χ4n) is 3.01. The van der Waals surface area contributed by atoms with Crippen molar-refractivity contribution in [3.63, 3.8) is 0 Å². The zero-order chi connectivity index (χ0) is 14.7. The van der Waals surface area contributed by atoms with Crippen molar-refractivity contribution in [2.24, 2.45) is 0 Å². The number of benzene rings is 2. The summed E-state index contributed by atoms with van der Waals surface area (Å²) in [7, 11) is 0. The van der Waals surface area contributed by atoms with Gasteiger partial charge >= 0.3 is 0 Å². The van der Waals surface area contributed by atoms with E-state index in [1.165, 1.54) is 16.7 Å². The number of hydrogen-bond donors (Lipinski definition) is 2. The Bertz CT molecular complexity index is 568. The highest BCUT2D eigenvalue weighted by Crippen LogP contribution is 2.23. The van der Waals surface area contributed by atoms with Gasteiger partial charge in [-0.05, 0) is 23.1 Å². The first-order valence-corrected chi connectivity index (χ1v) is 7.43. The molecule has 0 saturated carbocycles. The predicted octanol–water partition coefficient (Wildman–Crippen LogP) is 2.28. The number of likely N-dealkylation sites (tertiary alicyclic amines) is 1. The Morgan fingerprint density at radius 2 is 1.62 bits per heavy atom. The van der Waals surface area contributed by atoms with Crippen LogP contribution in [0.4, 0.5) is 0 Å². The minimum Gasteiger partial charge on any atom is -0.395 e. The lowest BCUT2D eigenvalue weighted by atomic mass is 10.0. The fourth-order valence-corrected chi connectivity index (χ4v) is 3.01. The molecule has 3 nitrogen and oxygen atoms in total. The Kier molecular flexibility index (Phi) is 4.34. The summed E-state index contributed by atoms with van der Waals surface area (Å²) < 4.78 is 0. The maximum atomic E-state index is 9.72. The molecule has 3 heteroatoms. The number of aliphatic hydroxyl groups excluding tert-OH is 2. The lowest BCUT2D eigenvalue weighted by Crippen LogP contribution is -2.31. The maximum absolute atomic E-state index is 9.72. The molecule has 1 heterocycles. The molecule has 0 radical (unpaired) electrons. The van der Waals surface area contributed by atoms with E-state index in [2.05, 4.69) is 41.3 Å². The summed E-state index contributed by atoms with van der Waals surface area (Å²) in [5, 5.41) is 19.1. The van der Waals surface area contributed by atoms with Gasteiger partial charge in [0.05, 0.1) is 12.7 Å². The van der Waals surface area contributed by atoms with E-state index in [1.807, 2.05) is 18.2 Å². The van der Waals surface area contributed by atoms with Crippen molar-refractivity contribution in [1.82, 2.24) is 4.90 Å². The predicted molar refractivity (Wildman–Crippen MR) is 83.8 cm³/mol. The van der Waals surface area contributed by atoms with Crippen molar-refractivity contribution < 1.29 is 10.2 Å². The van der Waals surface area contributed by atoms with Crippen molar-refractivity contribution in [1.29, 1.82) is 0 Å². The van der Waals surface area contributed by atoms with E-state index in [4.69, 9.17) is 0 Å². The van der Waals surface area contributed by atoms with Crippen molar-refractivity contribution in [2.75, 3.05) is 13.2 Å². The molecule has 1 saturated heterocycles. The third-order valence-electron chi connectivity index (χ3n) is 4.16. The van der Waals surface area contributed by atoms with Crippen LogP contribution < -0.4 is 0 Å². The molecule has 2 unspecified atom stereocenters. The van der Waals surface area contributed by atoms with E-state index < -0.39 is 0 Å². The number of rotatable bonds is 4. The molecule has 2 N–H and O–H groups in total. The number of aliphatic hydroxyl groups is 2. The third-order valence-corrected chi connectivity index (χ3v) is 4.16. The molecule has 2 aromatic rings. The van der Waals surface area contributed by atoms with Gasteiger partial charge in [0.2, 0.25) is 0 Å². The smallest absolute Gasteiger partial charge is 0.0683 e. The van der Waals surface area contributed by atoms with E-state index in [1.54, 1.807) is 0 Å². The summed E-state index contributed by atoms with van der Waals surface area (Å²) in [4.78, 5) is 2.15. The van der Waals surface area contributed by atoms with E-state index in [9.17, 15) is 10.2 Å². The third kappa shape index (κ3) is 3.32. The molecule has 1 fully saturated rings. The van der Waals surface area contributed by atoms with Gasteiger partial charge in [0.15, 0.2) is 0 Å². The molecule has 2 atom stereocenters. The van der Waals surface area contributed by atoms with Crippen LogP contribution in [0.15, 0.2) is 54.6 Å². The second kappa shape index (κ2) is 6.39. The summed E-state index contributed by atoms with van der Waals surface area (Å²) >= 11 is 0. The van der Waals surface area contributed by atoms with Crippen molar-refractivity contribution in [3.8, 4) is 11.1 Å². The highest BCUT2D eigenvalue weighted by atomic mass is 16.3. The van der Waals surface area contributed by atoms with E-state index in [-0.39, 0.29) is 18.8 Å². The Morgan fingerprint density at radius 1 is 0.952 bits per heavy atom. The molecule has 0 spiro atoms. The van der Waals surface area contributed by atoms with Gasteiger partial charge in [0, 0.05) is 19.1 Å². The second-order valence-corrected chi connectivity index (χ2v) is 5.72. The average Bonchev–Trinajstić information content (AvgIpc) is 2.88. The highest BCUT2D eigenvalue weighted by molar-refractivity contribution is 5.63. The van der Waals surface area contributed by atoms with E-state index in [0.29, 0.717) is 13.0 Å². The lowest BCUT2D eigenvalue weighted by Gasteiger charge is -2.22.